The number of alkyl halides is 2. The Morgan fingerprint density at radius 2 is 1.83 bits per heavy atom. The van der Waals surface area contributed by atoms with Crippen LogP contribution < -0.4 is 14.8 Å². The average molecular weight is 562 g/mol. The van der Waals surface area contributed by atoms with Crippen LogP contribution >= 0.6 is 0 Å². The molecular weight excluding hydrogens is 536 g/mol. The van der Waals surface area contributed by atoms with E-state index in [0.717, 1.165) is 5.56 Å². The van der Waals surface area contributed by atoms with Crippen molar-refractivity contribution in [2.75, 3.05) is 19.4 Å². The van der Waals surface area contributed by atoms with Crippen LogP contribution in [0.1, 0.15) is 26.3 Å². The smallest absolute Gasteiger partial charge is 0.387 e. The summed E-state index contributed by atoms with van der Waals surface area (Å²) in [6.07, 6.45) is 6.10. The second-order valence-corrected chi connectivity index (χ2v) is 9.28. The van der Waals surface area contributed by atoms with Crippen LogP contribution in [0.25, 0.3) is 16.9 Å². The molecule has 0 bridgehead atoms. The predicted octanol–water partition coefficient (Wildman–Crippen LogP) is 4.79. The van der Waals surface area contributed by atoms with E-state index in [9.17, 15) is 18.4 Å². The lowest BCUT2D eigenvalue weighted by atomic mass is 10.1. The van der Waals surface area contributed by atoms with Gasteiger partial charge in [0.25, 0.3) is 11.8 Å². The van der Waals surface area contributed by atoms with Crippen molar-refractivity contribution >= 4 is 23.1 Å². The molecule has 0 radical (unpaired) electrons. The molecule has 11 nitrogen and oxygen atoms in total. The fourth-order valence-corrected chi connectivity index (χ4v) is 4.18. The Hall–Kier alpha value is -5.33. The Labute approximate surface area is 232 Å². The average Bonchev–Trinajstić information content (AvgIpc) is 3.53. The van der Waals surface area contributed by atoms with E-state index in [0.29, 0.717) is 17.0 Å². The van der Waals surface area contributed by atoms with E-state index in [1.54, 1.807) is 51.6 Å². The molecule has 0 saturated heterocycles. The van der Waals surface area contributed by atoms with Gasteiger partial charge in [-0.1, -0.05) is 6.07 Å². The van der Waals surface area contributed by atoms with Crippen LogP contribution in [0.3, 0.4) is 0 Å². The predicted molar refractivity (Wildman–Crippen MR) is 145 cm³/mol. The topological polar surface area (TPSA) is 116 Å². The van der Waals surface area contributed by atoms with E-state index in [-0.39, 0.29) is 39.9 Å². The molecule has 0 aliphatic carbocycles. The fourth-order valence-electron chi connectivity index (χ4n) is 4.18. The number of carbonyl (C=O) groups is 2. The Morgan fingerprint density at radius 3 is 2.59 bits per heavy atom. The normalized spacial score (nSPS) is 11.1. The van der Waals surface area contributed by atoms with E-state index in [4.69, 9.17) is 9.47 Å². The highest BCUT2D eigenvalue weighted by atomic mass is 19.3. The van der Waals surface area contributed by atoms with E-state index in [2.05, 4.69) is 20.5 Å². The Bertz CT molecular complexity index is 1760. The van der Waals surface area contributed by atoms with Crippen LogP contribution in [-0.4, -0.2) is 61.8 Å². The highest BCUT2D eigenvalue weighted by Crippen LogP contribution is 2.39. The summed E-state index contributed by atoms with van der Waals surface area (Å²) < 4.78 is 40.3. The minimum Gasteiger partial charge on any atom is -0.457 e. The summed E-state index contributed by atoms with van der Waals surface area (Å²) in [4.78, 5) is 31.4. The largest absolute Gasteiger partial charge is 0.457 e. The number of hydrogen-bond donors (Lipinski definition) is 1. The molecule has 0 saturated carbocycles. The summed E-state index contributed by atoms with van der Waals surface area (Å²) in [5.41, 5.74) is 2.34. The van der Waals surface area contributed by atoms with Crippen molar-refractivity contribution in [2.24, 2.45) is 7.05 Å². The number of aryl methyl sites for hydroxylation is 2. The molecule has 0 fully saturated rings. The quantitative estimate of drug-likeness (QED) is 0.290. The van der Waals surface area contributed by atoms with E-state index in [1.807, 2.05) is 6.92 Å². The zero-order chi connectivity index (χ0) is 29.3. The number of benzene rings is 2. The van der Waals surface area contributed by atoms with Gasteiger partial charge in [0.05, 0.1) is 17.4 Å². The maximum absolute atomic E-state index is 13.3. The molecule has 2 amide bonds. The number of fused-ring (bicyclic) bond motifs is 1. The minimum absolute atomic E-state index is 0.147. The van der Waals surface area contributed by atoms with Crippen molar-refractivity contribution < 1.29 is 27.8 Å². The zero-order valence-electron chi connectivity index (χ0n) is 22.5. The third kappa shape index (κ3) is 5.69. The van der Waals surface area contributed by atoms with Gasteiger partial charge in [0.1, 0.15) is 28.5 Å². The Balaban J connectivity index is 1.51. The number of halogens is 2. The maximum Gasteiger partial charge on any atom is 0.387 e. The number of anilines is 1. The number of hydrogen-bond acceptors (Lipinski definition) is 7. The molecule has 0 aliphatic rings. The molecule has 0 unspecified atom stereocenters. The summed E-state index contributed by atoms with van der Waals surface area (Å²) in [6, 6.07) is 11.0. The molecule has 0 atom stereocenters. The molecule has 3 heterocycles. The van der Waals surface area contributed by atoms with Gasteiger partial charge in [-0.15, -0.1) is 0 Å². The number of nitrogens with one attached hydrogen (secondary N) is 1. The minimum atomic E-state index is -3.11. The summed E-state index contributed by atoms with van der Waals surface area (Å²) >= 11 is 0. The number of aromatic nitrogens is 5. The van der Waals surface area contributed by atoms with Crippen LogP contribution in [0.5, 0.6) is 17.2 Å². The van der Waals surface area contributed by atoms with Crippen molar-refractivity contribution in [3.8, 4) is 28.5 Å². The first kappa shape index (κ1) is 27.2. The lowest BCUT2D eigenvalue weighted by molar-refractivity contribution is -0.0494. The van der Waals surface area contributed by atoms with E-state index < -0.39 is 12.5 Å². The van der Waals surface area contributed by atoms with Crippen LogP contribution in [0, 0.1) is 6.92 Å². The zero-order valence-corrected chi connectivity index (χ0v) is 22.5. The van der Waals surface area contributed by atoms with E-state index >= 15 is 0 Å². The highest BCUT2D eigenvalue weighted by molar-refractivity contribution is 6.09. The van der Waals surface area contributed by atoms with Crippen LogP contribution in [0.2, 0.25) is 0 Å². The third-order valence-corrected chi connectivity index (χ3v) is 6.10. The number of ether oxygens (including phenoxy) is 2. The van der Waals surface area contributed by atoms with Gasteiger partial charge < -0.3 is 19.7 Å². The second-order valence-electron chi connectivity index (χ2n) is 9.28. The van der Waals surface area contributed by atoms with Crippen molar-refractivity contribution in [2.45, 2.75) is 13.5 Å². The number of rotatable bonds is 8. The fraction of sp³-hybridized carbons (Fsp3) is 0.179. The highest BCUT2D eigenvalue weighted by Gasteiger charge is 2.22. The third-order valence-electron chi connectivity index (χ3n) is 6.10. The summed E-state index contributed by atoms with van der Waals surface area (Å²) in [5.74, 6) is -0.251. The lowest BCUT2D eigenvalue weighted by Gasteiger charge is -2.15. The van der Waals surface area contributed by atoms with Crippen LogP contribution in [-0.2, 0) is 7.05 Å². The molecule has 5 aromatic rings. The first-order valence-electron chi connectivity index (χ1n) is 12.3. The van der Waals surface area contributed by atoms with Gasteiger partial charge in [0, 0.05) is 45.3 Å². The van der Waals surface area contributed by atoms with Gasteiger partial charge in [0.15, 0.2) is 5.65 Å². The molecule has 0 spiro atoms. The maximum atomic E-state index is 13.3. The van der Waals surface area contributed by atoms with Gasteiger partial charge >= 0.3 is 6.61 Å². The SMILES string of the molecule is Cc1ccc(Oc2ccc(OC(F)F)c(-c3nn(C)cc3NC(=O)c3cnn4cccnc34)c2)cc1C(=O)N(C)C. The molecule has 3 aromatic heterocycles. The molecule has 5 rings (SSSR count). The monoisotopic (exact) mass is 561 g/mol. The van der Waals surface area contributed by atoms with Gasteiger partial charge in [-0.3, -0.25) is 14.3 Å². The molecule has 41 heavy (non-hydrogen) atoms. The van der Waals surface area contributed by atoms with Gasteiger partial charge in [0.2, 0.25) is 0 Å². The van der Waals surface area contributed by atoms with Crippen molar-refractivity contribution in [1.29, 1.82) is 0 Å². The Kier molecular flexibility index (Phi) is 7.34. The van der Waals surface area contributed by atoms with Crippen molar-refractivity contribution in [1.82, 2.24) is 29.3 Å². The lowest BCUT2D eigenvalue weighted by Crippen LogP contribution is -2.22. The van der Waals surface area contributed by atoms with Crippen molar-refractivity contribution in [3.05, 3.63) is 83.9 Å². The molecule has 0 aliphatic heterocycles. The van der Waals surface area contributed by atoms with Gasteiger partial charge in [-0.05, 0) is 48.9 Å². The first-order valence-corrected chi connectivity index (χ1v) is 12.3. The van der Waals surface area contributed by atoms with Gasteiger partial charge in [-0.25, -0.2) is 9.50 Å². The molecular formula is C28H25F2N7O4. The van der Waals surface area contributed by atoms with E-state index in [1.165, 1.54) is 50.9 Å². The second kappa shape index (κ2) is 11.0. The number of amides is 2. The number of carbonyl (C=O) groups excluding carboxylic acids is 2. The van der Waals surface area contributed by atoms with Crippen molar-refractivity contribution in [3.63, 3.8) is 0 Å². The molecule has 210 valence electrons. The van der Waals surface area contributed by atoms with Gasteiger partial charge in [-0.2, -0.15) is 19.0 Å². The molecule has 13 heteroatoms. The molecule has 2 aromatic carbocycles. The van der Waals surface area contributed by atoms with Crippen LogP contribution in [0.4, 0.5) is 14.5 Å². The van der Waals surface area contributed by atoms with Crippen LogP contribution in [0.15, 0.2) is 67.3 Å². The standard InChI is InChI=1S/C28H25F2N7O4/c1-16-6-7-17(12-19(16)27(39)35(2)3)40-18-8-9-23(41-28(29)30)20(13-18)24-22(15-36(4)34-24)33-26(38)21-14-32-37-11-5-10-31-25(21)37/h5-15,28H,1-4H3,(H,33,38). The number of nitrogens with zero attached hydrogens (tertiary/aromatic N) is 6. The summed E-state index contributed by atoms with van der Waals surface area (Å²) in [5, 5.41) is 11.3. The molecule has 1 N–H and O–H groups in total. The first-order chi connectivity index (χ1) is 19.6. The summed E-state index contributed by atoms with van der Waals surface area (Å²) in [7, 11) is 4.93. The Morgan fingerprint density at radius 1 is 1.07 bits per heavy atom. The summed E-state index contributed by atoms with van der Waals surface area (Å²) in [6.45, 7) is -1.29.